The quantitative estimate of drug-likeness (QED) is 0.849. The second-order valence-corrected chi connectivity index (χ2v) is 7.87. The highest BCUT2D eigenvalue weighted by atomic mass is 35.5. The molecule has 0 aromatic carbocycles. The molecule has 0 N–H and O–H groups in total. The molecular weight excluding hydrogens is 320 g/mol. The molecule has 0 atom stereocenters. The van der Waals surface area contributed by atoms with E-state index in [1.54, 1.807) is 0 Å². The first-order valence-corrected chi connectivity index (χ1v) is 9.14. The summed E-state index contributed by atoms with van der Waals surface area (Å²) in [7, 11) is 0. The van der Waals surface area contributed by atoms with Crippen LogP contribution in [0.2, 0.25) is 4.34 Å². The summed E-state index contributed by atoms with van der Waals surface area (Å²) in [4.78, 5) is 29.5. The molecule has 0 bridgehead atoms. The third-order valence-corrected chi connectivity index (χ3v) is 5.83. The molecule has 2 amide bonds. The minimum Gasteiger partial charge on any atom is -0.339 e. The molecule has 0 unspecified atom stereocenters. The lowest BCUT2D eigenvalue weighted by Crippen LogP contribution is -2.52. The summed E-state index contributed by atoms with van der Waals surface area (Å²) in [6.45, 7) is 2.64. The predicted octanol–water partition coefficient (Wildman–Crippen LogP) is 2.81. The molecule has 22 heavy (non-hydrogen) atoms. The van der Waals surface area contributed by atoms with E-state index < -0.39 is 0 Å². The Morgan fingerprint density at radius 3 is 2.32 bits per heavy atom. The van der Waals surface area contributed by atoms with Crippen LogP contribution in [-0.2, 0) is 16.0 Å². The maximum Gasteiger partial charge on any atom is 0.227 e. The van der Waals surface area contributed by atoms with E-state index in [1.165, 1.54) is 24.2 Å². The first kappa shape index (κ1) is 15.8. The van der Waals surface area contributed by atoms with Crippen molar-refractivity contribution in [1.29, 1.82) is 0 Å². The van der Waals surface area contributed by atoms with Crippen molar-refractivity contribution in [2.75, 3.05) is 26.2 Å². The molecule has 2 fully saturated rings. The van der Waals surface area contributed by atoms with Crippen LogP contribution in [0.3, 0.4) is 0 Å². The van der Waals surface area contributed by atoms with Gasteiger partial charge in [-0.1, -0.05) is 24.4 Å². The van der Waals surface area contributed by atoms with Crippen LogP contribution in [-0.4, -0.2) is 47.8 Å². The van der Waals surface area contributed by atoms with Crippen molar-refractivity contribution >= 4 is 34.8 Å². The molecule has 1 aromatic heterocycles. The van der Waals surface area contributed by atoms with Gasteiger partial charge in [-0.2, -0.15) is 0 Å². The number of carbonyl (C=O) groups excluding carboxylic acids is 2. The van der Waals surface area contributed by atoms with Gasteiger partial charge in [0.15, 0.2) is 0 Å². The van der Waals surface area contributed by atoms with Crippen LogP contribution in [0.5, 0.6) is 0 Å². The van der Waals surface area contributed by atoms with E-state index >= 15 is 0 Å². The van der Waals surface area contributed by atoms with E-state index in [9.17, 15) is 9.59 Å². The Morgan fingerprint density at radius 2 is 1.73 bits per heavy atom. The van der Waals surface area contributed by atoms with Gasteiger partial charge in [0.1, 0.15) is 0 Å². The van der Waals surface area contributed by atoms with Gasteiger partial charge in [-0.25, -0.2) is 0 Å². The van der Waals surface area contributed by atoms with Gasteiger partial charge in [0.2, 0.25) is 11.8 Å². The Balaban J connectivity index is 1.48. The van der Waals surface area contributed by atoms with Crippen LogP contribution >= 0.6 is 22.9 Å². The number of halogens is 1. The van der Waals surface area contributed by atoms with E-state index in [1.807, 2.05) is 21.9 Å². The molecule has 4 nitrogen and oxygen atoms in total. The van der Waals surface area contributed by atoms with Crippen molar-refractivity contribution < 1.29 is 9.59 Å². The Labute approximate surface area is 140 Å². The van der Waals surface area contributed by atoms with Crippen molar-refractivity contribution in [3.05, 3.63) is 21.3 Å². The maximum atomic E-state index is 12.4. The molecule has 1 aromatic rings. The van der Waals surface area contributed by atoms with Gasteiger partial charge < -0.3 is 9.80 Å². The summed E-state index contributed by atoms with van der Waals surface area (Å²) >= 11 is 7.35. The lowest BCUT2D eigenvalue weighted by Gasteiger charge is -2.36. The first-order chi connectivity index (χ1) is 10.6. The van der Waals surface area contributed by atoms with E-state index in [-0.39, 0.29) is 11.8 Å². The topological polar surface area (TPSA) is 40.6 Å². The maximum absolute atomic E-state index is 12.4. The van der Waals surface area contributed by atoms with Gasteiger partial charge >= 0.3 is 0 Å². The van der Waals surface area contributed by atoms with Crippen molar-refractivity contribution in [3.8, 4) is 0 Å². The highest BCUT2D eigenvalue weighted by Crippen LogP contribution is 2.27. The molecule has 120 valence electrons. The second kappa shape index (κ2) is 7.01. The number of piperazine rings is 1. The standard InChI is InChI=1S/C16H21ClN2O2S/c17-14-6-5-13(22-14)11-15(20)18-7-9-19(10-8-18)16(21)12-3-1-2-4-12/h5-6,12H,1-4,7-11H2. The number of rotatable bonds is 3. The van der Waals surface area contributed by atoms with E-state index in [0.717, 1.165) is 22.1 Å². The average Bonchev–Trinajstić information content (AvgIpc) is 3.18. The van der Waals surface area contributed by atoms with Crippen LogP contribution < -0.4 is 0 Å². The Bertz CT molecular complexity index is 546. The van der Waals surface area contributed by atoms with E-state index in [4.69, 9.17) is 11.6 Å². The van der Waals surface area contributed by atoms with Crippen molar-refractivity contribution in [1.82, 2.24) is 9.80 Å². The molecule has 3 rings (SSSR count). The number of carbonyl (C=O) groups is 2. The zero-order valence-corrected chi connectivity index (χ0v) is 14.2. The monoisotopic (exact) mass is 340 g/mol. The van der Waals surface area contributed by atoms with Gasteiger partial charge in [0, 0.05) is 37.0 Å². The average molecular weight is 341 g/mol. The lowest BCUT2D eigenvalue weighted by atomic mass is 10.1. The zero-order valence-electron chi connectivity index (χ0n) is 12.6. The zero-order chi connectivity index (χ0) is 15.5. The molecule has 0 radical (unpaired) electrons. The smallest absolute Gasteiger partial charge is 0.227 e. The van der Waals surface area contributed by atoms with Gasteiger partial charge in [0.05, 0.1) is 10.8 Å². The number of hydrogen-bond acceptors (Lipinski definition) is 3. The fourth-order valence-corrected chi connectivity index (χ4v) is 4.39. The van der Waals surface area contributed by atoms with E-state index in [2.05, 4.69) is 0 Å². The fraction of sp³-hybridized carbons (Fsp3) is 0.625. The number of hydrogen-bond donors (Lipinski definition) is 0. The predicted molar refractivity (Wildman–Crippen MR) is 88.2 cm³/mol. The molecule has 0 spiro atoms. The SMILES string of the molecule is O=C(Cc1ccc(Cl)s1)N1CCN(C(=O)C2CCCC2)CC1. The highest BCUT2D eigenvalue weighted by Gasteiger charge is 2.30. The molecule has 2 heterocycles. The van der Waals surface area contributed by atoms with Crippen LogP contribution in [0.15, 0.2) is 12.1 Å². The number of amides is 2. The minimum absolute atomic E-state index is 0.131. The van der Waals surface area contributed by atoms with Gasteiger partial charge in [-0.3, -0.25) is 9.59 Å². The van der Waals surface area contributed by atoms with Gasteiger partial charge in [-0.05, 0) is 25.0 Å². The summed E-state index contributed by atoms with van der Waals surface area (Å²) in [5.74, 6) is 0.664. The minimum atomic E-state index is 0.131. The van der Waals surface area contributed by atoms with Gasteiger partial charge in [0.25, 0.3) is 0 Å². The van der Waals surface area contributed by atoms with Crippen molar-refractivity contribution in [2.45, 2.75) is 32.1 Å². The third kappa shape index (κ3) is 3.63. The molecule has 6 heteroatoms. The normalized spacial score (nSPS) is 19.7. The van der Waals surface area contributed by atoms with Crippen molar-refractivity contribution in [2.24, 2.45) is 5.92 Å². The molecule has 1 aliphatic carbocycles. The summed E-state index contributed by atoms with van der Waals surface area (Å²) in [6.07, 6.45) is 4.85. The summed E-state index contributed by atoms with van der Waals surface area (Å²) in [5.41, 5.74) is 0. The number of nitrogens with zero attached hydrogens (tertiary/aromatic N) is 2. The Hall–Kier alpha value is -1.07. The lowest BCUT2D eigenvalue weighted by molar-refractivity contribution is -0.141. The van der Waals surface area contributed by atoms with Crippen LogP contribution in [0.25, 0.3) is 0 Å². The van der Waals surface area contributed by atoms with E-state index in [0.29, 0.717) is 38.5 Å². The summed E-state index contributed by atoms with van der Waals surface area (Å²) in [5, 5.41) is 0. The highest BCUT2D eigenvalue weighted by molar-refractivity contribution is 7.16. The van der Waals surface area contributed by atoms with Crippen LogP contribution in [0, 0.1) is 5.92 Å². The molecule has 1 saturated heterocycles. The summed E-state index contributed by atoms with van der Waals surface area (Å²) in [6, 6.07) is 3.73. The molecule has 2 aliphatic rings. The Morgan fingerprint density at radius 1 is 1.09 bits per heavy atom. The summed E-state index contributed by atoms with van der Waals surface area (Å²) < 4.78 is 0.717. The van der Waals surface area contributed by atoms with Crippen LogP contribution in [0.1, 0.15) is 30.6 Å². The molecular formula is C16H21ClN2O2S. The number of thiophene rings is 1. The molecule has 1 aliphatic heterocycles. The second-order valence-electron chi connectivity index (χ2n) is 6.07. The molecule has 1 saturated carbocycles. The van der Waals surface area contributed by atoms with Crippen molar-refractivity contribution in [3.63, 3.8) is 0 Å². The van der Waals surface area contributed by atoms with Crippen LogP contribution in [0.4, 0.5) is 0 Å². The Kier molecular flexibility index (Phi) is 5.03. The fourth-order valence-electron chi connectivity index (χ4n) is 3.31. The van der Waals surface area contributed by atoms with Gasteiger partial charge in [-0.15, -0.1) is 11.3 Å². The third-order valence-electron chi connectivity index (χ3n) is 4.60. The largest absolute Gasteiger partial charge is 0.339 e. The first-order valence-electron chi connectivity index (χ1n) is 7.94.